The summed E-state index contributed by atoms with van der Waals surface area (Å²) in [5, 5.41) is 0. The molecule has 0 N–H and O–H groups in total. The molecule has 25 heavy (non-hydrogen) atoms. The first kappa shape index (κ1) is 19.0. The fourth-order valence-corrected chi connectivity index (χ4v) is 2.42. The monoisotopic (exact) mass is 341 g/mol. The quantitative estimate of drug-likeness (QED) is 0.637. The van der Waals surface area contributed by atoms with Crippen molar-refractivity contribution in [3.63, 3.8) is 0 Å². The molecule has 0 unspecified atom stereocenters. The van der Waals surface area contributed by atoms with Crippen LogP contribution in [-0.4, -0.2) is 21.9 Å². The van der Waals surface area contributed by atoms with Gasteiger partial charge >= 0.3 is 7.69 Å². The van der Waals surface area contributed by atoms with E-state index in [9.17, 15) is 0 Å². The molecule has 0 aliphatic rings. The van der Waals surface area contributed by atoms with Gasteiger partial charge in [0.05, 0.1) is 14.2 Å². The Morgan fingerprint density at radius 2 is 1.04 bits per heavy atom. The average molecular weight is 341 g/mol. The number of rotatable bonds is 8. The summed E-state index contributed by atoms with van der Waals surface area (Å²) in [4.78, 5) is 0. The standard InChI is InChI=1S/C20H26BO4/c1-13(2)15-7-9-17(22-5)19(11-15)24-21-25-20-12-16(14(3)4)8-10-18(20)23-6/h7-14H,1-6H3. The molecule has 133 valence electrons. The molecule has 0 aliphatic heterocycles. The molecule has 0 aliphatic carbocycles. The lowest BCUT2D eigenvalue weighted by molar-refractivity contribution is 0.369. The Labute approximate surface area is 151 Å². The number of ether oxygens (including phenoxy) is 2. The van der Waals surface area contributed by atoms with Gasteiger partial charge in [-0.25, -0.2) is 0 Å². The fraction of sp³-hybridized carbons (Fsp3) is 0.400. The molecule has 0 saturated heterocycles. The molecule has 1 radical (unpaired) electrons. The Balaban J connectivity index is 2.12. The first-order chi connectivity index (χ1) is 12.0. The van der Waals surface area contributed by atoms with Gasteiger partial charge in [-0.05, 0) is 47.2 Å². The second-order valence-electron chi connectivity index (χ2n) is 6.46. The minimum atomic E-state index is 0.400. The minimum absolute atomic E-state index is 0.400. The molecule has 2 aromatic carbocycles. The lowest BCUT2D eigenvalue weighted by Crippen LogP contribution is -2.12. The summed E-state index contributed by atoms with van der Waals surface area (Å²) in [6, 6.07) is 11.8. The van der Waals surface area contributed by atoms with Crippen molar-refractivity contribution >= 4 is 7.69 Å². The molecule has 0 fully saturated rings. The van der Waals surface area contributed by atoms with Gasteiger partial charge in [0.25, 0.3) is 0 Å². The van der Waals surface area contributed by atoms with Crippen LogP contribution in [0, 0.1) is 0 Å². The molecule has 5 heteroatoms. The van der Waals surface area contributed by atoms with Gasteiger partial charge in [0.2, 0.25) is 0 Å². The average Bonchev–Trinajstić information content (AvgIpc) is 2.61. The zero-order valence-electron chi connectivity index (χ0n) is 15.8. The van der Waals surface area contributed by atoms with Crippen molar-refractivity contribution in [1.29, 1.82) is 0 Å². The van der Waals surface area contributed by atoms with Crippen LogP contribution in [0.25, 0.3) is 0 Å². The summed E-state index contributed by atoms with van der Waals surface area (Å²) in [5.74, 6) is 3.36. The van der Waals surface area contributed by atoms with Crippen LogP contribution in [0.15, 0.2) is 36.4 Å². The smallest absolute Gasteiger partial charge is 0.524 e. The molecule has 0 heterocycles. The molecule has 0 atom stereocenters. The fourth-order valence-electron chi connectivity index (χ4n) is 2.42. The van der Waals surface area contributed by atoms with Gasteiger partial charge in [-0.1, -0.05) is 39.8 Å². The van der Waals surface area contributed by atoms with E-state index in [1.807, 2.05) is 36.4 Å². The van der Waals surface area contributed by atoms with E-state index in [0.29, 0.717) is 34.8 Å². The second kappa shape index (κ2) is 8.70. The second-order valence-corrected chi connectivity index (χ2v) is 6.46. The number of hydrogen-bond acceptors (Lipinski definition) is 4. The molecule has 2 rings (SSSR count). The van der Waals surface area contributed by atoms with Crippen LogP contribution in [-0.2, 0) is 0 Å². The Morgan fingerprint density at radius 3 is 1.36 bits per heavy atom. The van der Waals surface area contributed by atoms with E-state index >= 15 is 0 Å². The number of hydrogen-bond donors (Lipinski definition) is 0. The van der Waals surface area contributed by atoms with E-state index in [1.54, 1.807) is 14.2 Å². The van der Waals surface area contributed by atoms with Crippen LogP contribution in [0.4, 0.5) is 0 Å². The minimum Gasteiger partial charge on any atom is -0.524 e. The van der Waals surface area contributed by atoms with Crippen molar-refractivity contribution < 1.29 is 18.8 Å². The first-order valence-corrected chi connectivity index (χ1v) is 8.47. The van der Waals surface area contributed by atoms with Gasteiger partial charge in [-0.15, -0.1) is 0 Å². The molecular formula is C20H26BO4. The maximum Gasteiger partial charge on any atom is 0.658 e. The van der Waals surface area contributed by atoms with E-state index in [0.717, 1.165) is 0 Å². The van der Waals surface area contributed by atoms with Gasteiger partial charge in [-0.2, -0.15) is 0 Å². The highest BCUT2D eigenvalue weighted by Gasteiger charge is 2.13. The summed E-state index contributed by atoms with van der Waals surface area (Å²) in [6.07, 6.45) is 0. The maximum absolute atomic E-state index is 5.69. The van der Waals surface area contributed by atoms with Gasteiger partial charge in [0, 0.05) is 0 Å². The van der Waals surface area contributed by atoms with Crippen LogP contribution >= 0.6 is 0 Å². The molecule has 0 aromatic heterocycles. The predicted molar refractivity (Wildman–Crippen MR) is 101 cm³/mol. The normalized spacial score (nSPS) is 10.7. The Kier molecular flexibility index (Phi) is 6.62. The van der Waals surface area contributed by atoms with Crippen molar-refractivity contribution in [2.75, 3.05) is 14.2 Å². The number of benzene rings is 2. The molecule has 0 saturated carbocycles. The van der Waals surface area contributed by atoms with E-state index in [2.05, 4.69) is 27.7 Å². The molecule has 2 aromatic rings. The third-order valence-corrected chi connectivity index (χ3v) is 4.06. The van der Waals surface area contributed by atoms with Crippen LogP contribution in [0.1, 0.15) is 50.7 Å². The lowest BCUT2D eigenvalue weighted by Gasteiger charge is -2.15. The largest absolute Gasteiger partial charge is 0.658 e. The van der Waals surface area contributed by atoms with E-state index in [-0.39, 0.29) is 0 Å². The topological polar surface area (TPSA) is 36.9 Å². The first-order valence-electron chi connectivity index (χ1n) is 8.47. The van der Waals surface area contributed by atoms with Crippen molar-refractivity contribution in [2.24, 2.45) is 0 Å². The molecule has 4 nitrogen and oxygen atoms in total. The summed E-state index contributed by atoms with van der Waals surface area (Å²) >= 11 is 0. The molecule has 0 bridgehead atoms. The molecule has 0 spiro atoms. The van der Waals surface area contributed by atoms with Crippen molar-refractivity contribution in [2.45, 2.75) is 39.5 Å². The zero-order chi connectivity index (χ0) is 18.4. The summed E-state index contributed by atoms with van der Waals surface area (Å²) in [6.45, 7) is 8.53. The van der Waals surface area contributed by atoms with E-state index in [1.165, 1.54) is 18.8 Å². The maximum atomic E-state index is 5.69. The highest BCUT2D eigenvalue weighted by atomic mass is 16.6. The highest BCUT2D eigenvalue weighted by molar-refractivity contribution is 6.21. The Bertz CT molecular complexity index is 639. The third-order valence-electron chi connectivity index (χ3n) is 4.06. The zero-order valence-corrected chi connectivity index (χ0v) is 15.8. The summed E-state index contributed by atoms with van der Waals surface area (Å²) < 4.78 is 22.1. The highest BCUT2D eigenvalue weighted by Crippen LogP contribution is 2.32. The van der Waals surface area contributed by atoms with Gasteiger partial charge in [-0.3, -0.25) is 0 Å². The van der Waals surface area contributed by atoms with Gasteiger partial charge < -0.3 is 18.8 Å². The van der Waals surface area contributed by atoms with Crippen molar-refractivity contribution in [3.8, 4) is 23.0 Å². The van der Waals surface area contributed by atoms with Crippen molar-refractivity contribution in [3.05, 3.63) is 47.5 Å². The number of methoxy groups -OCH3 is 2. The molecule has 0 amide bonds. The van der Waals surface area contributed by atoms with Gasteiger partial charge in [0.15, 0.2) is 11.5 Å². The third kappa shape index (κ3) is 4.85. The lowest BCUT2D eigenvalue weighted by atomic mass is 10.0. The van der Waals surface area contributed by atoms with Crippen LogP contribution in [0.3, 0.4) is 0 Å². The van der Waals surface area contributed by atoms with Crippen LogP contribution in [0.5, 0.6) is 23.0 Å². The van der Waals surface area contributed by atoms with E-state index in [4.69, 9.17) is 18.8 Å². The molecular weight excluding hydrogens is 315 g/mol. The SMILES string of the molecule is COc1ccc(C(C)C)cc1O[B]Oc1cc(C(C)C)ccc1OC. The Morgan fingerprint density at radius 1 is 0.640 bits per heavy atom. The predicted octanol–water partition coefficient (Wildman–Crippen LogP) is 4.94. The van der Waals surface area contributed by atoms with Crippen LogP contribution in [0.2, 0.25) is 0 Å². The van der Waals surface area contributed by atoms with Crippen molar-refractivity contribution in [1.82, 2.24) is 0 Å². The van der Waals surface area contributed by atoms with E-state index < -0.39 is 0 Å². The summed E-state index contributed by atoms with van der Waals surface area (Å²) in [7, 11) is 4.55. The van der Waals surface area contributed by atoms with Crippen LogP contribution < -0.4 is 18.8 Å². The Hall–Kier alpha value is -2.30. The summed E-state index contributed by atoms with van der Waals surface area (Å²) in [5.41, 5.74) is 2.34. The van der Waals surface area contributed by atoms with Gasteiger partial charge in [0.1, 0.15) is 11.5 Å².